The molecule has 0 saturated heterocycles. The largest absolute Gasteiger partial charge is 0.480 e. The molecule has 0 aliphatic carbocycles. The fourth-order valence-corrected chi connectivity index (χ4v) is 2.47. The fourth-order valence-electron chi connectivity index (χ4n) is 2.47. The molecule has 0 saturated carbocycles. The highest BCUT2D eigenvalue weighted by atomic mass is 16.4. The number of carboxylic acids is 1. The van der Waals surface area contributed by atoms with Crippen LogP contribution in [-0.4, -0.2) is 40.6 Å². The predicted molar refractivity (Wildman–Crippen MR) is 87.8 cm³/mol. The van der Waals surface area contributed by atoms with Crippen molar-refractivity contribution in [1.82, 2.24) is 10.3 Å². The Kier molecular flexibility index (Phi) is 5.72. The molecule has 2 rings (SSSR count). The molecule has 1 amide bonds. The number of amides is 1. The van der Waals surface area contributed by atoms with E-state index in [9.17, 15) is 14.7 Å². The maximum atomic E-state index is 12.0. The van der Waals surface area contributed by atoms with Crippen molar-refractivity contribution in [2.24, 2.45) is 11.5 Å². The highest BCUT2D eigenvalue weighted by Gasteiger charge is 2.24. The van der Waals surface area contributed by atoms with Crippen LogP contribution in [0.4, 0.5) is 0 Å². The quantitative estimate of drug-likeness (QED) is 0.478. The van der Waals surface area contributed by atoms with Crippen LogP contribution in [0.5, 0.6) is 0 Å². The van der Waals surface area contributed by atoms with Gasteiger partial charge in [-0.1, -0.05) is 18.2 Å². The van der Waals surface area contributed by atoms with Gasteiger partial charge in [-0.2, -0.15) is 0 Å². The van der Waals surface area contributed by atoms with Gasteiger partial charge >= 0.3 is 5.97 Å². The maximum absolute atomic E-state index is 12.0. The normalized spacial score (nSPS) is 13.7. The van der Waals surface area contributed by atoms with Crippen molar-refractivity contribution in [3.8, 4) is 0 Å². The Morgan fingerprint density at radius 2 is 2.04 bits per heavy atom. The summed E-state index contributed by atoms with van der Waals surface area (Å²) in [6, 6.07) is 5.84. The van der Waals surface area contributed by atoms with Gasteiger partial charge in [0.1, 0.15) is 6.04 Å². The van der Waals surface area contributed by atoms with Crippen LogP contribution in [-0.2, 0) is 16.0 Å². The fraction of sp³-hybridized carbons (Fsp3) is 0.375. The molecule has 0 unspecified atom stereocenters. The van der Waals surface area contributed by atoms with Crippen LogP contribution in [0.2, 0.25) is 0 Å². The van der Waals surface area contributed by atoms with Crippen LogP contribution in [0, 0.1) is 0 Å². The number of hydrogen-bond donors (Lipinski definition) is 5. The molecule has 7 heteroatoms. The Bertz CT molecular complexity index is 683. The number of para-hydroxylation sites is 1. The molecular weight excluding hydrogens is 296 g/mol. The zero-order valence-corrected chi connectivity index (χ0v) is 12.8. The Morgan fingerprint density at radius 1 is 1.30 bits per heavy atom. The lowest BCUT2D eigenvalue weighted by Gasteiger charge is -2.17. The maximum Gasteiger partial charge on any atom is 0.326 e. The third-order valence-electron chi connectivity index (χ3n) is 3.77. The van der Waals surface area contributed by atoms with Gasteiger partial charge in [0.05, 0.1) is 6.04 Å². The minimum Gasteiger partial charge on any atom is -0.480 e. The molecule has 0 bridgehead atoms. The summed E-state index contributed by atoms with van der Waals surface area (Å²) in [6.07, 6.45) is 3.01. The number of H-pyrrole nitrogens is 1. The second-order valence-corrected chi connectivity index (χ2v) is 5.50. The van der Waals surface area contributed by atoms with Crippen LogP contribution < -0.4 is 16.8 Å². The number of fused-ring (bicyclic) bond motifs is 1. The van der Waals surface area contributed by atoms with E-state index in [2.05, 4.69) is 10.3 Å². The summed E-state index contributed by atoms with van der Waals surface area (Å²) in [6.45, 7) is 0.443. The molecule has 0 spiro atoms. The second kappa shape index (κ2) is 7.75. The lowest BCUT2D eigenvalue weighted by molar-refractivity contribution is -0.142. The molecule has 1 heterocycles. The van der Waals surface area contributed by atoms with Gasteiger partial charge in [-0.3, -0.25) is 4.79 Å². The van der Waals surface area contributed by atoms with Crippen LogP contribution in [0.25, 0.3) is 10.9 Å². The standard InChI is InChI=1S/C16H22N4O3/c17-7-3-5-12(18)15(21)20-14(16(22)23)8-10-9-19-13-6-2-1-4-11(10)13/h1-2,4,6,9,12,14,19H,3,5,7-8,17-18H2,(H,20,21)(H,22,23)/t12-,14-/m0/s1. The summed E-state index contributed by atoms with van der Waals surface area (Å²) in [5.41, 5.74) is 12.9. The summed E-state index contributed by atoms with van der Waals surface area (Å²) in [4.78, 5) is 26.5. The first-order chi connectivity index (χ1) is 11.0. The molecule has 124 valence electrons. The molecule has 2 aromatic rings. The predicted octanol–water partition coefficient (Wildman–Crippen LogP) is 0.346. The zero-order chi connectivity index (χ0) is 16.8. The minimum atomic E-state index is -1.09. The molecule has 0 aliphatic rings. The van der Waals surface area contributed by atoms with Crippen molar-refractivity contribution in [2.75, 3.05) is 6.54 Å². The molecular formula is C16H22N4O3. The molecule has 0 aliphatic heterocycles. The number of carbonyl (C=O) groups is 2. The topological polar surface area (TPSA) is 134 Å². The first-order valence-corrected chi connectivity index (χ1v) is 7.56. The van der Waals surface area contributed by atoms with Crippen molar-refractivity contribution in [3.05, 3.63) is 36.0 Å². The van der Waals surface area contributed by atoms with Crippen molar-refractivity contribution in [2.45, 2.75) is 31.3 Å². The SMILES string of the molecule is NCCC[C@H](N)C(=O)N[C@@H](Cc1c[nH]c2ccccc12)C(=O)O. The minimum absolute atomic E-state index is 0.189. The molecule has 7 nitrogen and oxygen atoms in total. The summed E-state index contributed by atoms with van der Waals surface area (Å²) in [7, 11) is 0. The number of aromatic amines is 1. The van der Waals surface area contributed by atoms with E-state index in [1.165, 1.54) is 0 Å². The highest BCUT2D eigenvalue weighted by molar-refractivity contribution is 5.88. The van der Waals surface area contributed by atoms with Crippen LogP contribution >= 0.6 is 0 Å². The van der Waals surface area contributed by atoms with Gasteiger partial charge in [0.15, 0.2) is 0 Å². The summed E-state index contributed by atoms with van der Waals surface area (Å²) >= 11 is 0. The number of benzene rings is 1. The van der Waals surface area contributed by atoms with E-state index in [0.717, 1.165) is 16.5 Å². The van der Waals surface area contributed by atoms with Crippen LogP contribution in [0.15, 0.2) is 30.5 Å². The number of hydrogen-bond acceptors (Lipinski definition) is 4. The Balaban J connectivity index is 2.07. The number of carbonyl (C=O) groups excluding carboxylic acids is 1. The van der Waals surface area contributed by atoms with E-state index in [1.807, 2.05) is 24.3 Å². The van der Waals surface area contributed by atoms with Gasteiger partial charge in [0.2, 0.25) is 5.91 Å². The first kappa shape index (κ1) is 17.0. The van der Waals surface area contributed by atoms with E-state index in [1.54, 1.807) is 6.20 Å². The van der Waals surface area contributed by atoms with Crippen molar-refractivity contribution in [3.63, 3.8) is 0 Å². The van der Waals surface area contributed by atoms with Crippen molar-refractivity contribution >= 4 is 22.8 Å². The molecule has 2 atom stereocenters. The number of rotatable bonds is 8. The van der Waals surface area contributed by atoms with Gasteiger partial charge in [-0.05, 0) is 31.0 Å². The summed E-state index contributed by atoms with van der Waals surface area (Å²) in [5, 5.41) is 12.8. The number of nitrogens with one attached hydrogen (secondary N) is 2. The Labute approximate surface area is 134 Å². The Hall–Kier alpha value is -2.38. The highest BCUT2D eigenvalue weighted by Crippen LogP contribution is 2.19. The third kappa shape index (κ3) is 4.30. The van der Waals surface area contributed by atoms with Gasteiger partial charge in [0, 0.05) is 23.5 Å². The van der Waals surface area contributed by atoms with Crippen LogP contribution in [0.1, 0.15) is 18.4 Å². The van der Waals surface area contributed by atoms with E-state index >= 15 is 0 Å². The van der Waals surface area contributed by atoms with E-state index in [0.29, 0.717) is 19.4 Å². The third-order valence-corrected chi connectivity index (χ3v) is 3.77. The number of nitrogens with two attached hydrogens (primary N) is 2. The first-order valence-electron chi connectivity index (χ1n) is 7.56. The van der Waals surface area contributed by atoms with Crippen molar-refractivity contribution in [1.29, 1.82) is 0 Å². The molecule has 1 aromatic heterocycles. The molecule has 0 fully saturated rings. The van der Waals surface area contributed by atoms with Gasteiger partial charge in [-0.25, -0.2) is 4.79 Å². The molecule has 0 radical (unpaired) electrons. The number of aliphatic carboxylic acids is 1. The van der Waals surface area contributed by atoms with Gasteiger partial charge in [0.25, 0.3) is 0 Å². The van der Waals surface area contributed by atoms with E-state index < -0.39 is 24.0 Å². The monoisotopic (exact) mass is 318 g/mol. The average molecular weight is 318 g/mol. The lowest BCUT2D eigenvalue weighted by Crippen LogP contribution is -2.49. The molecule has 23 heavy (non-hydrogen) atoms. The van der Waals surface area contributed by atoms with Crippen molar-refractivity contribution < 1.29 is 14.7 Å². The smallest absolute Gasteiger partial charge is 0.326 e. The molecule has 1 aromatic carbocycles. The van der Waals surface area contributed by atoms with E-state index in [-0.39, 0.29) is 6.42 Å². The lowest BCUT2D eigenvalue weighted by atomic mass is 10.0. The number of aromatic nitrogens is 1. The van der Waals surface area contributed by atoms with Gasteiger partial charge < -0.3 is 26.9 Å². The summed E-state index contributed by atoms with van der Waals surface area (Å²) < 4.78 is 0. The average Bonchev–Trinajstić information content (AvgIpc) is 2.95. The Morgan fingerprint density at radius 3 is 2.74 bits per heavy atom. The molecule has 7 N–H and O–H groups in total. The number of carboxylic acid groups (broad SMARTS) is 1. The van der Waals surface area contributed by atoms with E-state index in [4.69, 9.17) is 11.5 Å². The second-order valence-electron chi connectivity index (χ2n) is 5.50. The van der Waals surface area contributed by atoms with Gasteiger partial charge in [-0.15, -0.1) is 0 Å². The van der Waals surface area contributed by atoms with Crippen LogP contribution in [0.3, 0.4) is 0 Å². The summed E-state index contributed by atoms with van der Waals surface area (Å²) in [5.74, 6) is -1.56. The zero-order valence-electron chi connectivity index (χ0n) is 12.8.